The minimum Gasteiger partial charge on any atom is -0.460 e. The Bertz CT molecular complexity index is 898. The number of alkyl halides is 3. The fraction of sp³-hybridized carbons (Fsp3) is 0.935. The first kappa shape index (κ1) is 37.9. The monoisotopic (exact) mass is 704 g/mol. The van der Waals surface area contributed by atoms with Crippen LogP contribution < -0.4 is 0 Å². The summed E-state index contributed by atoms with van der Waals surface area (Å²) in [5, 5.41) is -4.69. The van der Waals surface area contributed by atoms with Crippen LogP contribution in [0.1, 0.15) is 148 Å². The summed E-state index contributed by atoms with van der Waals surface area (Å²) in [4.78, 5) is 25.1. The van der Waals surface area contributed by atoms with Crippen LogP contribution in [0.2, 0.25) is 0 Å². The molecule has 0 bridgehead atoms. The number of carbonyl (C=O) groups excluding carboxylic acids is 2. The lowest BCUT2D eigenvalue weighted by molar-refractivity contribution is -0.161. The predicted octanol–water partition coefficient (Wildman–Crippen LogP) is 9.52. The number of unbranched alkanes of at least 4 members (excludes halogenated alkanes) is 13. The van der Waals surface area contributed by atoms with E-state index in [4.69, 9.17) is 8.37 Å². The summed E-state index contributed by atoms with van der Waals surface area (Å²) in [6.45, 7) is -0.257. The van der Waals surface area contributed by atoms with Crippen molar-refractivity contribution in [1.29, 1.82) is 0 Å². The fourth-order valence-corrected chi connectivity index (χ4v) is 12.6. The minimum absolute atomic E-state index is 0.114. The van der Waals surface area contributed by atoms with Gasteiger partial charge in [-0.05, 0) is 44.8 Å². The highest BCUT2D eigenvalue weighted by Gasteiger charge is 2.59. The molecule has 2 aliphatic rings. The molecule has 0 saturated heterocycles. The van der Waals surface area contributed by atoms with Crippen molar-refractivity contribution in [2.75, 3.05) is 18.2 Å². The molecule has 6 nitrogen and oxygen atoms in total. The molecule has 42 heavy (non-hydrogen) atoms. The highest BCUT2D eigenvalue weighted by molar-refractivity contribution is 9.09. The van der Waals surface area contributed by atoms with Crippen molar-refractivity contribution in [3.63, 3.8) is 0 Å². The molecular formula is C31H55BrF2O6S2. The van der Waals surface area contributed by atoms with Crippen molar-refractivity contribution in [2.45, 2.75) is 163 Å². The lowest BCUT2D eigenvalue weighted by atomic mass is 9.99. The average Bonchev–Trinajstić information content (AvgIpc) is 2.97. The Morgan fingerprint density at radius 1 is 0.786 bits per heavy atom. The summed E-state index contributed by atoms with van der Waals surface area (Å²) in [6.07, 6.45) is 23.4. The topological polar surface area (TPSA) is 86.7 Å². The second-order valence-electron chi connectivity index (χ2n) is 12.2. The van der Waals surface area contributed by atoms with Gasteiger partial charge in [0, 0.05) is 17.0 Å². The van der Waals surface area contributed by atoms with E-state index in [1.165, 1.54) is 57.8 Å². The van der Waals surface area contributed by atoms with Crippen LogP contribution in [-0.2, 0) is 28.1 Å². The van der Waals surface area contributed by atoms with E-state index in [0.29, 0.717) is 38.5 Å². The molecular weight excluding hydrogens is 650 g/mol. The van der Waals surface area contributed by atoms with Gasteiger partial charge in [0.05, 0.1) is 11.9 Å². The predicted molar refractivity (Wildman–Crippen MR) is 172 cm³/mol. The Labute approximate surface area is 264 Å². The molecule has 0 spiro atoms. The van der Waals surface area contributed by atoms with Crippen molar-refractivity contribution in [1.82, 2.24) is 0 Å². The molecule has 2 rings (SSSR count). The molecule has 248 valence electrons. The Hall–Kier alpha value is -0.260. The third kappa shape index (κ3) is 12.3. The van der Waals surface area contributed by atoms with Crippen LogP contribution in [0.25, 0.3) is 0 Å². The zero-order valence-corrected chi connectivity index (χ0v) is 29.0. The van der Waals surface area contributed by atoms with Crippen LogP contribution in [0.3, 0.4) is 0 Å². The second-order valence-corrected chi connectivity index (χ2v) is 18.2. The lowest BCUT2D eigenvalue weighted by Crippen LogP contribution is -2.45. The van der Waals surface area contributed by atoms with Crippen molar-refractivity contribution < 1.29 is 35.2 Å². The SMILES string of the molecule is CS(OS(=O)(=O)C(F)(F)C(=O)OCCCCCCCCCCCCCCCCBr)(C1CCCCC1)C1CCCCC1=O. The normalized spacial score (nSPS) is 21.1. The van der Waals surface area contributed by atoms with Gasteiger partial charge in [-0.3, -0.25) is 4.79 Å². The van der Waals surface area contributed by atoms with Crippen LogP contribution in [0.5, 0.6) is 0 Å². The molecule has 2 fully saturated rings. The van der Waals surface area contributed by atoms with Crippen LogP contribution in [0, 0.1) is 0 Å². The second kappa shape index (κ2) is 20.0. The van der Waals surface area contributed by atoms with E-state index in [1.54, 1.807) is 6.26 Å². The number of halogens is 3. The number of rotatable bonds is 22. The molecule has 0 aromatic rings. The van der Waals surface area contributed by atoms with Gasteiger partial charge in [0.1, 0.15) is 5.78 Å². The minimum atomic E-state index is -5.64. The van der Waals surface area contributed by atoms with Gasteiger partial charge in [0.25, 0.3) is 0 Å². The Balaban J connectivity index is 1.71. The van der Waals surface area contributed by atoms with Gasteiger partial charge in [0.2, 0.25) is 0 Å². The number of ketones is 1. The van der Waals surface area contributed by atoms with E-state index in [9.17, 15) is 26.8 Å². The van der Waals surface area contributed by atoms with Gasteiger partial charge < -0.3 is 4.74 Å². The maximum absolute atomic E-state index is 15.0. The zero-order chi connectivity index (χ0) is 30.9. The summed E-state index contributed by atoms with van der Waals surface area (Å²) in [5.41, 5.74) is 0. The highest BCUT2D eigenvalue weighted by Crippen LogP contribution is 2.63. The standard InChI is InChI=1S/C31H55BrF2O6S2/c1-41(27-21-15-14-16-22-27,29-24-18-17-23-28(29)35)40-42(37,38)31(33,34)30(36)39-26-20-13-11-9-7-5-3-2-4-6-8-10-12-19-25-32/h27,29H,2-26H2,1H3. The molecule has 0 N–H and O–H groups in total. The van der Waals surface area contributed by atoms with Crippen molar-refractivity contribution in [3.05, 3.63) is 0 Å². The highest BCUT2D eigenvalue weighted by atomic mass is 79.9. The largest absolute Gasteiger partial charge is 0.466 e. The molecule has 0 aromatic heterocycles. The number of Topliss-reactive ketones (excluding diaryl/α,β-unsaturated/α-hetero) is 1. The summed E-state index contributed by atoms with van der Waals surface area (Å²) in [5.74, 6) is -2.21. The van der Waals surface area contributed by atoms with E-state index < -0.39 is 36.9 Å². The Morgan fingerprint density at radius 3 is 1.76 bits per heavy atom. The average molecular weight is 706 g/mol. The number of carbonyl (C=O) groups is 2. The maximum Gasteiger partial charge on any atom is 0.466 e. The molecule has 0 amide bonds. The quantitative estimate of drug-likeness (QED) is 0.0634. The van der Waals surface area contributed by atoms with Crippen LogP contribution in [-0.4, -0.2) is 54.1 Å². The molecule has 0 aliphatic heterocycles. The number of ether oxygens (including phenoxy) is 1. The van der Waals surface area contributed by atoms with Gasteiger partial charge in [-0.25, -0.2) is 8.42 Å². The van der Waals surface area contributed by atoms with Crippen molar-refractivity contribution in [3.8, 4) is 0 Å². The smallest absolute Gasteiger partial charge is 0.460 e. The Kier molecular flexibility index (Phi) is 18.0. The van der Waals surface area contributed by atoms with E-state index in [2.05, 4.69) is 15.9 Å². The van der Waals surface area contributed by atoms with Gasteiger partial charge >= 0.3 is 21.3 Å². The molecule has 0 aromatic carbocycles. The first-order valence-electron chi connectivity index (χ1n) is 16.4. The number of hydrogen-bond donors (Lipinski definition) is 0. The fourth-order valence-electron chi connectivity index (χ4n) is 6.22. The van der Waals surface area contributed by atoms with Gasteiger partial charge in [-0.15, -0.1) is 10.3 Å². The van der Waals surface area contributed by atoms with Crippen LogP contribution in [0.4, 0.5) is 8.78 Å². The molecule has 2 aliphatic carbocycles. The summed E-state index contributed by atoms with van der Waals surface area (Å²) in [7, 11) is -8.38. The third-order valence-corrected chi connectivity index (χ3v) is 15.5. The van der Waals surface area contributed by atoms with Crippen molar-refractivity contribution in [2.24, 2.45) is 0 Å². The molecule has 2 atom stereocenters. The summed E-state index contributed by atoms with van der Waals surface area (Å²) >= 11 is 3.46. The molecule has 2 unspecified atom stereocenters. The molecule has 11 heteroatoms. The van der Waals surface area contributed by atoms with E-state index in [-0.39, 0.29) is 17.6 Å². The van der Waals surface area contributed by atoms with E-state index >= 15 is 0 Å². The van der Waals surface area contributed by atoms with Crippen molar-refractivity contribution >= 4 is 48.1 Å². The number of esters is 1. The lowest BCUT2D eigenvalue weighted by Gasteiger charge is -2.49. The summed E-state index contributed by atoms with van der Waals surface area (Å²) in [6, 6.07) is 0. The van der Waals surface area contributed by atoms with Crippen LogP contribution in [0.15, 0.2) is 0 Å². The first-order valence-corrected chi connectivity index (χ1v) is 21.0. The van der Waals surface area contributed by atoms with E-state index in [0.717, 1.165) is 56.7 Å². The molecule has 0 heterocycles. The third-order valence-electron chi connectivity index (χ3n) is 8.83. The van der Waals surface area contributed by atoms with E-state index in [1.807, 2.05) is 0 Å². The number of hydrogen-bond acceptors (Lipinski definition) is 6. The molecule has 0 radical (unpaired) electrons. The summed E-state index contributed by atoms with van der Waals surface area (Å²) < 4.78 is 65.9. The first-order chi connectivity index (χ1) is 20.1. The van der Waals surface area contributed by atoms with Crippen LogP contribution >= 0.6 is 26.2 Å². The Morgan fingerprint density at radius 2 is 1.26 bits per heavy atom. The van der Waals surface area contributed by atoms with Gasteiger partial charge in [-0.1, -0.05) is 119 Å². The zero-order valence-electron chi connectivity index (χ0n) is 25.7. The van der Waals surface area contributed by atoms with Gasteiger partial charge in [-0.2, -0.15) is 17.2 Å². The van der Waals surface area contributed by atoms with Gasteiger partial charge in [0.15, 0.2) is 0 Å². The molecule has 2 saturated carbocycles. The maximum atomic E-state index is 15.0.